The highest BCUT2D eigenvalue weighted by atomic mass is 15.0. The number of rotatable bonds is 1. The van der Waals surface area contributed by atoms with Gasteiger partial charge in [-0.05, 0) is 24.2 Å². The maximum absolute atomic E-state index is 3.79. The molecule has 0 aliphatic carbocycles. The minimum atomic E-state index is 0.424. The highest BCUT2D eigenvalue weighted by molar-refractivity contribution is 4.88. The van der Waals surface area contributed by atoms with Crippen LogP contribution in [0.5, 0.6) is 0 Å². The largest absolute Gasteiger partial charge is 0.310 e. The van der Waals surface area contributed by atoms with Gasteiger partial charge in [-0.1, -0.05) is 41.0 Å². The summed E-state index contributed by atoms with van der Waals surface area (Å²) in [6.45, 7) is 11.7. The van der Waals surface area contributed by atoms with Crippen LogP contribution in [0.2, 0.25) is 0 Å². The van der Waals surface area contributed by atoms with E-state index in [2.05, 4.69) is 39.9 Å². The van der Waals surface area contributed by atoms with Gasteiger partial charge in [0.05, 0.1) is 0 Å². The summed E-state index contributed by atoms with van der Waals surface area (Å²) >= 11 is 0. The van der Waals surface area contributed by atoms with Gasteiger partial charge in [0.1, 0.15) is 0 Å². The maximum Gasteiger partial charge on any atom is 0.0118 e. The molecule has 0 saturated carbocycles. The Morgan fingerprint density at radius 2 is 1.77 bits per heavy atom. The summed E-state index contributed by atoms with van der Waals surface area (Å²) in [7, 11) is 0. The molecule has 0 aromatic heterocycles. The highest BCUT2D eigenvalue weighted by Gasteiger charge is 2.30. The highest BCUT2D eigenvalue weighted by Crippen LogP contribution is 2.29. The summed E-state index contributed by atoms with van der Waals surface area (Å²) < 4.78 is 0. The first-order valence-corrected chi connectivity index (χ1v) is 5.67. The molecular formula is C12H25N. The van der Waals surface area contributed by atoms with Crippen molar-refractivity contribution >= 4 is 0 Å². The molecule has 1 heterocycles. The van der Waals surface area contributed by atoms with Crippen LogP contribution in [0, 0.1) is 11.3 Å². The van der Waals surface area contributed by atoms with E-state index in [-0.39, 0.29) is 0 Å². The van der Waals surface area contributed by atoms with Gasteiger partial charge in [0.15, 0.2) is 0 Å². The second kappa shape index (κ2) is 4.00. The van der Waals surface area contributed by atoms with Gasteiger partial charge < -0.3 is 5.32 Å². The fourth-order valence-corrected chi connectivity index (χ4v) is 2.18. The Hall–Kier alpha value is -0.0400. The molecule has 1 saturated heterocycles. The van der Waals surface area contributed by atoms with Crippen LogP contribution < -0.4 is 5.32 Å². The van der Waals surface area contributed by atoms with Gasteiger partial charge in [-0.2, -0.15) is 0 Å². The summed E-state index contributed by atoms with van der Waals surface area (Å²) in [5.41, 5.74) is 0.424. The van der Waals surface area contributed by atoms with Gasteiger partial charge in [0, 0.05) is 12.1 Å². The second-order valence-corrected chi connectivity index (χ2v) is 5.87. The Kier molecular flexibility index (Phi) is 3.39. The standard InChI is InChI=1S/C12H25N/c1-9(2)10-7-6-8-11(13-10)12(3,4)5/h9-11,13H,6-8H2,1-5H3. The summed E-state index contributed by atoms with van der Waals surface area (Å²) in [4.78, 5) is 0. The van der Waals surface area contributed by atoms with E-state index in [1.54, 1.807) is 0 Å². The lowest BCUT2D eigenvalue weighted by Crippen LogP contribution is -2.50. The molecule has 1 aliphatic heterocycles. The van der Waals surface area contributed by atoms with Crippen molar-refractivity contribution in [2.24, 2.45) is 11.3 Å². The van der Waals surface area contributed by atoms with Crippen LogP contribution in [-0.2, 0) is 0 Å². The molecule has 2 atom stereocenters. The Morgan fingerprint density at radius 3 is 2.23 bits per heavy atom. The second-order valence-electron chi connectivity index (χ2n) is 5.87. The number of nitrogens with one attached hydrogen (secondary N) is 1. The lowest BCUT2D eigenvalue weighted by atomic mass is 9.79. The number of piperidine rings is 1. The molecule has 1 aliphatic rings. The minimum Gasteiger partial charge on any atom is -0.310 e. The molecule has 1 rings (SSSR count). The van der Waals surface area contributed by atoms with E-state index >= 15 is 0 Å². The molecule has 2 unspecified atom stereocenters. The van der Waals surface area contributed by atoms with Crippen molar-refractivity contribution in [1.82, 2.24) is 5.32 Å². The zero-order chi connectivity index (χ0) is 10.1. The zero-order valence-electron chi connectivity index (χ0n) is 9.85. The van der Waals surface area contributed by atoms with E-state index in [0.717, 1.165) is 12.0 Å². The van der Waals surface area contributed by atoms with Gasteiger partial charge in [-0.3, -0.25) is 0 Å². The monoisotopic (exact) mass is 183 g/mol. The Balaban J connectivity index is 2.52. The van der Waals surface area contributed by atoms with Crippen molar-refractivity contribution in [2.45, 2.75) is 66.0 Å². The van der Waals surface area contributed by atoms with Gasteiger partial charge >= 0.3 is 0 Å². The summed E-state index contributed by atoms with van der Waals surface area (Å²) in [6, 6.07) is 1.46. The van der Waals surface area contributed by atoms with Crippen LogP contribution in [-0.4, -0.2) is 12.1 Å². The molecule has 13 heavy (non-hydrogen) atoms. The van der Waals surface area contributed by atoms with E-state index in [1.807, 2.05) is 0 Å². The molecule has 0 radical (unpaired) electrons. The SMILES string of the molecule is CC(C)C1CCCC(C(C)(C)C)N1. The average molecular weight is 183 g/mol. The van der Waals surface area contributed by atoms with E-state index in [4.69, 9.17) is 0 Å². The Labute approximate surface area is 83.3 Å². The van der Waals surface area contributed by atoms with Crippen molar-refractivity contribution in [3.05, 3.63) is 0 Å². The van der Waals surface area contributed by atoms with Gasteiger partial charge in [0.25, 0.3) is 0 Å². The van der Waals surface area contributed by atoms with Crippen LogP contribution in [0.1, 0.15) is 53.9 Å². The third kappa shape index (κ3) is 2.98. The normalized spacial score (nSPS) is 30.9. The maximum atomic E-state index is 3.79. The molecule has 0 aromatic rings. The first kappa shape index (κ1) is 11.0. The fraction of sp³-hybridized carbons (Fsp3) is 1.00. The molecule has 0 amide bonds. The summed E-state index contributed by atoms with van der Waals surface area (Å²) in [5.74, 6) is 0.783. The number of hydrogen-bond donors (Lipinski definition) is 1. The lowest BCUT2D eigenvalue weighted by molar-refractivity contribution is 0.171. The predicted octanol–water partition coefficient (Wildman–Crippen LogP) is 3.20. The van der Waals surface area contributed by atoms with E-state index in [0.29, 0.717) is 11.5 Å². The smallest absolute Gasteiger partial charge is 0.0118 e. The van der Waals surface area contributed by atoms with Crippen LogP contribution >= 0.6 is 0 Å². The first-order chi connectivity index (χ1) is 5.91. The molecule has 0 spiro atoms. The first-order valence-electron chi connectivity index (χ1n) is 5.67. The fourth-order valence-electron chi connectivity index (χ4n) is 2.18. The van der Waals surface area contributed by atoms with Crippen molar-refractivity contribution in [1.29, 1.82) is 0 Å². The average Bonchev–Trinajstić information content (AvgIpc) is 2.03. The molecule has 0 aromatic carbocycles. The molecule has 1 nitrogen and oxygen atoms in total. The summed E-state index contributed by atoms with van der Waals surface area (Å²) in [6.07, 6.45) is 4.12. The Morgan fingerprint density at radius 1 is 1.15 bits per heavy atom. The topological polar surface area (TPSA) is 12.0 Å². The van der Waals surface area contributed by atoms with Gasteiger partial charge in [-0.15, -0.1) is 0 Å². The van der Waals surface area contributed by atoms with E-state index < -0.39 is 0 Å². The van der Waals surface area contributed by atoms with Crippen molar-refractivity contribution in [3.8, 4) is 0 Å². The zero-order valence-corrected chi connectivity index (χ0v) is 9.85. The molecule has 0 bridgehead atoms. The quantitative estimate of drug-likeness (QED) is 0.658. The molecule has 1 fully saturated rings. The van der Waals surface area contributed by atoms with E-state index in [1.165, 1.54) is 19.3 Å². The molecular weight excluding hydrogens is 158 g/mol. The number of hydrogen-bond acceptors (Lipinski definition) is 1. The van der Waals surface area contributed by atoms with Crippen molar-refractivity contribution in [2.75, 3.05) is 0 Å². The van der Waals surface area contributed by atoms with Crippen LogP contribution in [0.25, 0.3) is 0 Å². The van der Waals surface area contributed by atoms with E-state index in [9.17, 15) is 0 Å². The minimum absolute atomic E-state index is 0.424. The molecule has 78 valence electrons. The Bertz CT molecular complexity index is 155. The van der Waals surface area contributed by atoms with Crippen molar-refractivity contribution < 1.29 is 0 Å². The third-order valence-electron chi connectivity index (χ3n) is 3.27. The molecule has 1 N–H and O–H groups in total. The predicted molar refractivity (Wildman–Crippen MR) is 58.9 cm³/mol. The molecule has 1 heteroatoms. The van der Waals surface area contributed by atoms with Gasteiger partial charge in [0.2, 0.25) is 0 Å². The van der Waals surface area contributed by atoms with Crippen molar-refractivity contribution in [3.63, 3.8) is 0 Å². The van der Waals surface area contributed by atoms with Crippen LogP contribution in [0.3, 0.4) is 0 Å². The van der Waals surface area contributed by atoms with Gasteiger partial charge in [-0.25, -0.2) is 0 Å². The lowest BCUT2D eigenvalue weighted by Gasteiger charge is -2.40. The van der Waals surface area contributed by atoms with Crippen LogP contribution in [0.4, 0.5) is 0 Å². The third-order valence-corrected chi connectivity index (χ3v) is 3.27. The van der Waals surface area contributed by atoms with Crippen LogP contribution in [0.15, 0.2) is 0 Å². The summed E-state index contributed by atoms with van der Waals surface area (Å²) in [5, 5.41) is 3.79.